The number of rotatable bonds is 3. The minimum atomic E-state index is 0.872. The molecule has 0 fully saturated rings. The first kappa shape index (κ1) is 21.5. The fourth-order valence-corrected chi connectivity index (χ4v) is 5.71. The zero-order chi connectivity index (χ0) is 24.1. The molecule has 0 saturated carbocycles. The van der Waals surface area contributed by atoms with Crippen LogP contribution in [-0.4, -0.2) is 14.6 Å². The molecule has 0 amide bonds. The fraction of sp³-hybridized carbons (Fsp3) is 0.0625. The van der Waals surface area contributed by atoms with E-state index in [1.807, 2.05) is 0 Å². The third-order valence-electron chi connectivity index (χ3n) is 7.15. The first-order chi connectivity index (χ1) is 17.8. The lowest BCUT2D eigenvalue weighted by atomic mass is 9.87. The summed E-state index contributed by atoms with van der Waals surface area (Å²) in [6.07, 6.45) is 8.85. The van der Waals surface area contributed by atoms with Crippen molar-refractivity contribution < 1.29 is 0 Å². The fourth-order valence-electron chi connectivity index (χ4n) is 5.35. The van der Waals surface area contributed by atoms with E-state index in [1.165, 1.54) is 42.0 Å². The summed E-state index contributed by atoms with van der Waals surface area (Å²) in [6.45, 7) is 0. The second-order valence-corrected chi connectivity index (χ2v) is 10.5. The number of hydrogen-bond acceptors (Lipinski definition) is 2. The van der Waals surface area contributed by atoms with E-state index in [0.29, 0.717) is 0 Å². The van der Waals surface area contributed by atoms with Crippen LogP contribution < -0.4 is 0 Å². The van der Waals surface area contributed by atoms with Crippen LogP contribution in [0, 0.1) is 3.57 Å². The molecule has 0 atom stereocenters. The van der Waals surface area contributed by atoms with E-state index in [-0.39, 0.29) is 0 Å². The Kier molecular flexibility index (Phi) is 5.21. The van der Waals surface area contributed by atoms with Gasteiger partial charge in [0, 0.05) is 26.3 Å². The van der Waals surface area contributed by atoms with Crippen LogP contribution in [0.3, 0.4) is 0 Å². The SMILES string of the molecule is Ic1ccc(-c2nnc3c4ccccc4c(C4=CC=C(c5cccc6ccccc56)CC4)cn23)cc1. The van der Waals surface area contributed by atoms with Gasteiger partial charge in [-0.3, -0.25) is 4.40 Å². The molecule has 2 heterocycles. The summed E-state index contributed by atoms with van der Waals surface area (Å²) >= 11 is 2.33. The first-order valence-electron chi connectivity index (χ1n) is 12.2. The zero-order valence-corrected chi connectivity index (χ0v) is 21.7. The van der Waals surface area contributed by atoms with Crippen molar-refractivity contribution in [2.75, 3.05) is 0 Å². The molecule has 7 rings (SSSR count). The molecule has 6 aromatic rings. The normalized spacial score (nSPS) is 13.8. The summed E-state index contributed by atoms with van der Waals surface area (Å²) in [5.74, 6) is 0.872. The molecule has 0 bridgehead atoms. The minimum Gasteiger partial charge on any atom is -0.281 e. The van der Waals surface area contributed by atoms with Gasteiger partial charge < -0.3 is 0 Å². The molecule has 36 heavy (non-hydrogen) atoms. The molecule has 1 aliphatic carbocycles. The predicted octanol–water partition coefficient (Wildman–Crippen LogP) is 8.57. The summed E-state index contributed by atoms with van der Waals surface area (Å²) in [4.78, 5) is 0. The predicted molar refractivity (Wildman–Crippen MR) is 158 cm³/mol. The number of pyridine rings is 1. The maximum Gasteiger partial charge on any atom is 0.169 e. The smallest absolute Gasteiger partial charge is 0.169 e. The molecule has 0 spiro atoms. The second-order valence-electron chi connectivity index (χ2n) is 9.22. The maximum absolute atomic E-state index is 4.59. The van der Waals surface area contributed by atoms with Gasteiger partial charge in [0.15, 0.2) is 11.5 Å². The van der Waals surface area contributed by atoms with E-state index in [9.17, 15) is 0 Å². The van der Waals surface area contributed by atoms with E-state index >= 15 is 0 Å². The molecule has 172 valence electrons. The van der Waals surface area contributed by atoms with Gasteiger partial charge in [0.1, 0.15) is 0 Å². The number of halogens is 1. The summed E-state index contributed by atoms with van der Waals surface area (Å²) in [7, 11) is 0. The van der Waals surface area contributed by atoms with Crippen molar-refractivity contribution in [3.63, 3.8) is 0 Å². The molecular weight excluding hydrogens is 553 g/mol. The molecule has 0 saturated heterocycles. The standard InChI is InChI=1S/C32H22IN3/c33-25-18-16-24(17-19-25)31-34-35-32-29-10-4-3-9-28(29)30(20-36(31)32)23-14-12-22(13-15-23)27-11-5-7-21-6-1-2-8-26(21)27/h1-12,14,16-20H,13,15H2. The summed E-state index contributed by atoms with van der Waals surface area (Å²) in [5.41, 5.74) is 7.29. The summed E-state index contributed by atoms with van der Waals surface area (Å²) in [5, 5.41) is 14.1. The van der Waals surface area contributed by atoms with Crippen molar-refractivity contribution in [3.8, 4) is 11.4 Å². The topological polar surface area (TPSA) is 30.2 Å². The molecular formula is C32H22IN3. The minimum absolute atomic E-state index is 0.872. The van der Waals surface area contributed by atoms with Crippen molar-refractivity contribution in [1.82, 2.24) is 14.6 Å². The Balaban J connectivity index is 1.39. The number of aromatic nitrogens is 3. The van der Waals surface area contributed by atoms with E-state index in [0.717, 1.165) is 35.3 Å². The van der Waals surface area contributed by atoms with Crippen LogP contribution in [0.1, 0.15) is 24.0 Å². The van der Waals surface area contributed by atoms with Crippen molar-refractivity contribution in [1.29, 1.82) is 0 Å². The Morgan fingerprint density at radius 3 is 2.06 bits per heavy atom. The number of allylic oxidation sites excluding steroid dienone is 4. The second kappa shape index (κ2) is 8.71. The van der Waals surface area contributed by atoms with E-state index in [2.05, 4.69) is 147 Å². The molecule has 0 unspecified atom stereocenters. The third kappa shape index (κ3) is 3.56. The number of hydrogen-bond donors (Lipinski definition) is 0. The molecule has 0 N–H and O–H groups in total. The van der Waals surface area contributed by atoms with Crippen molar-refractivity contribution >= 4 is 60.9 Å². The lowest BCUT2D eigenvalue weighted by Gasteiger charge is -2.18. The van der Waals surface area contributed by atoms with Crippen LogP contribution in [0.5, 0.6) is 0 Å². The highest BCUT2D eigenvalue weighted by Gasteiger charge is 2.18. The molecule has 0 radical (unpaired) electrons. The van der Waals surface area contributed by atoms with Gasteiger partial charge in [0.2, 0.25) is 0 Å². The summed E-state index contributed by atoms with van der Waals surface area (Å²) < 4.78 is 3.36. The van der Waals surface area contributed by atoms with Gasteiger partial charge in [-0.2, -0.15) is 0 Å². The number of nitrogens with zero attached hydrogens (tertiary/aromatic N) is 3. The lowest BCUT2D eigenvalue weighted by Crippen LogP contribution is -1.99. The number of benzene rings is 4. The lowest BCUT2D eigenvalue weighted by molar-refractivity contribution is 1.07. The monoisotopic (exact) mass is 575 g/mol. The van der Waals surface area contributed by atoms with Crippen LogP contribution in [0.15, 0.2) is 109 Å². The Morgan fingerprint density at radius 2 is 1.28 bits per heavy atom. The Hall–Kier alpha value is -3.77. The van der Waals surface area contributed by atoms with E-state index in [4.69, 9.17) is 0 Å². The van der Waals surface area contributed by atoms with Crippen LogP contribution in [0.4, 0.5) is 0 Å². The Morgan fingerprint density at radius 1 is 0.611 bits per heavy atom. The highest BCUT2D eigenvalue weighted by atomic mass is 127. The average molecular weight is 575 g/mol. The van der Waals surface area contributed by atoms with Crippen LogP contribution in [-0.2, 0) is 0 Å². The van der Waals surface area contributed by atoms with Crippen LogP contribution >= 0.6 is 22.6 Å². The van der Waals surface area contributed by atoms with Gasteiger partial charge in [-0.15, -0.1) is 10.2 Å². The average Bonchev–Trinajstić information content (AvgIpc) is 3.37. The largest absolute Gasteiger partial charge is 0.281 e. The quantitative estimate of drug-likeness (QED) is 0.198. The molecule has 2 aromatic heterocycles. The zero-order valence-electron chi connectivity index (χ0n) is 19.5. The van der Waals surface area contributed by atoms with Gasteiger partial charge in [-0.05, 0) is 80.4 Å². The third-order valence-corrected chi connectivity index (χ3v) is 7.86. The van der Waals surface area contributed by atoms with E-state index in [1.54, 1.807) is 0 Å². The molecule has 4 heteroatoms. The maximum atomic E-state index is 4.59. The number of fused-ring (bicyclic) bond motifs is 4. The highest BCUT2D eigenvalue weighted by molar-refractivity contribution is 14.1. The van der Waals surface area contributed by atoms with Gasteiger partial charge >= 0.3 is 0 Å². The Bertz CT molecular complexity index is 1840. The molecule has 4 aromatic carbocycles. The Labute approximate surface area is 223 Å². The van der Waals surface area contributed by atoms with Gasteiger partial charge in [-0.25, -0.2) is 0 Å². The van der Waals surface area contributed by atoms with Crippen LogP contribution in [0.2, 0.25) is 0 Å². The highest BCUT2D eigenvalue weighted by Crippen LogP contribution is 2.38. The van der Waals surface area contributed by atoms with Crippen LogP contribution in [0.25, 0.3) is 49.7 Å². The van der Waals surface area contributed by atoms with E-state index < -0.39 is 0 Å². The van der Waals surface area contributed by atoms with Crippen molar-refractivity contribution in [2.45, 2.75) is 12.8 Å². The van der Waals surface area contributed by atoms with Gasteiger partial charge in [-0.1, -0.05) is 91.0 Å². The molecule has 1 aliphatic rings. The molecule has 0 aliphatic heterocycles. The van der Waals surface area contributed by atoms with Crippen molar-refractivity contribution in [2.24, 2.45) is 0 Å². The van der Waals surface area contributed by atoms with Gasteiger partial charge in [0.05, 0.1) is 0 Å². The van der Waals surface area contributed by atoms with Gasteiger partial charge in [0.25, 0.3) is 0 Å². The van der Waals surface area contributed by atoms with Crippen molar-refractivity contribution in [3.05, 3.63) is 124 Å². The molecule has 3 nitrogen and oxygen atoms in total. The summed E-state index contributed by atoms with van der Waals surface area (Å²) in [6, 6.07) is 32.3. The first-order valence-corrected chi connectivity index (χ1v) is 13.2.